The van der Waals surface area contributed by atoms with E-state index in [9.17, 15) is 0 Å². The number of pyridine rings is 1. The third-order valence-electron chi connectivity index (χ3n) is 1.75. The topological polar surface area (TPSA) is 21.7 Å². The molecule has 0 aliphatic heterocycles. The maximum absolute atomic E-state index is 6.84. The number of fused-ring (bicyclic) bond motifs is 1. The Hall–Kier alpha value is -1.53. The molecular formula is C9H6ClN3. The quantitative estimate of drug-likeness (QED) is 0.502. The average Bonchev–Trinajstić information content (AvgIpc) is 2.58. The van der Waals surface area contributed by atoms with E-state index in [-0.39, 0.29) is 0 Å². The number of alkyl halides is 1. The minimum absolute atomic E-state index is 0.398. The van der Waals surface area contributed by atoms with E-state index >= 15 is 0 Å². The molecule has 2 aromatic rings. The zero-order chi connectivity index (χ0) is 9.26. The summed E-state index contributed by atoms with van der Waals surface area (Å²) in [5.74, 6) is 0.398. The van der Waals surface area contributed by atoms with Crippen molar-refractivity contribution < 1.29 is 0 Å². The van der Waals surface area contributed by atoms with Crippen LogP contribution in [0.2, 0.25) is 0 Å². The number of hydrogen-bond donors (Lipinski definition) is 0. The van der Waals surface area contributed by atoms with E-state index in [1.807, 2.05) is 16.7 Å². The van der Waals surface area contributed by atoms with Crippen molar-refractivity contribution in [3.63, 3.8) is 0 Å². The molecule has 2 heterocycles. The Morgan fingerprint density at radius 1 is 1.46 bits per heavy atom. The Morgan fingerprint density at radius 3 is 3.00 bits per heavy atom. The molecule has 0 fully saturated rings. The Bertz CT molecular complexity index is 481. The molecule has 0 saturated carbocycles. The molecule has 0 bridgehead atoms. The van der Waals surface area contributed by atoms with Gasteiger partial charge < -0.3 is 4.40 Å². The Labute approximate surface area is 80.4 Å². The van der Waals surface area contributed by atoms with Crippen LogP contribution in [0.5, 0.6) is 0 Å². The summed E-state index contributed by atoms with van der Waals surface area (Å²) in [4.78, 5) is 7.56. The molecular weight excluding hydrogens is 186 g/mol. The van der Waals surface area contributed by atoms with Crippen LogP contribution in [0, 0.1) is 6.57 Å². The van der Waals surface area contributed by atoms with Crippen molar-refractivity contribution in [2.75, 3.05) is 0 Å². The second kappa shape index (κ2) is 3.08. The first-order chi connectivity index (χ1) is 6.33. The second-order valence-electron chi connectivity index (χ2n) is 2.63. The fourth-order valence-electron chi connectivity index (χ4n) is 1.16. The van der Waals surface area contributed by atoms with Crippen molar-refractivity contribution in [3.8, 4) is 0 Å². The number of rotatable bonds is 1. The molecule has 0 aromatic carbocycles. The summed E-state index contributed by atoms with van der Waals surface area (Å²) in [7, 11) is 0. The van der Waals surface area contributed by atoms with Crippen molar-refractivity contribution in [1.29, 1.82) is 0 Å². The van der Waals surface area contributed by atoms with Gasteiger partial charge in [0.05, 0.1) is 18.1 Å². The Kier molecular flexibility index (Phi) is 1.91. The molecule has 0 aliphatic rings. The highest BCUT2D eigenvalue weighted by Gasteiger charge is 2.00. The number of hydrogen-bond acceptors (Lipinski definition) is 1. The molecule has 0 saturated heterocycles. The zero-order valence-corrected chi connectivity index (χ0v) is 7.49. The monoisotopic (exact) mass is 191 g/mol. The first kappa shape index (κ1) is 8.09. The Balaban J connectivity index is 2.65. The van der Waals surface area contributed by atoms with Crippen LogP contribution >= 0.6 is 11.6 Å². The van der Waals surface area contributed by atoms with Crippen molar-refractivity contribution >= 4 is 22.9 Å². The van der Waals surface area contributed by atoms with E-state index in [0.717, 1.165) is 11.3 Å². The lowest BCUT2D eigenvalue weighted by Crippen LogP contribution is -1.79. The molecule has 0 unspecified atom stereocenters. The van der Waals surface area contributed by atoms with E-state index in [4.69, 9.17) is 18.2 Å². The first-order valence-corrected chi connectivity index (χ1v) is 4.28. The van der Waals surface area contributed by atoms with Crippen molar-refractivity contribution in [1.82, 2.24) is 9.38 Å². The summed E-state index contributed by atoms with van der Waals surface area (Å²) < 4.78 is 1.81. The lowest BCUT2D eigenvalue weighted by Gasteiger charge is -1.91. The van der Waals surface area contributed by atoms with Gasteiger partial charge in [0, 0.05) is 12.4 Å². The molecule has 0 amide bonds. The largest absolute Gasteiger partial charge is 0.317 e. The van der Waals surface area contributed by atoms with Crippen LogP contribution in [0.3, 0.4) is 0 Å². The predicted molar refractivity (Wildman–Crippen MR) is 51.0 cm³/mol. The van der Waals surface area contributed by atoms with E-state index in [2.05, 4.69) is 9.83 Å². The summed E-state index contributed by atoms with van der Waals surface area (Å²) in [6.07, 6.45) is 3.57. The summed E-state index contributed by atoms with van der Waals surface area (Å²) >= 11 is 5.64. The molecule has 3 nitrogen and oxygen atoms in total. The zero-order valence-electron chi connectivity index (χ0n) is 6.74. The van der Waals surface area contributed by atoms with Gasteiger partial charge in [0.15, 0.2) is 0 Å². The average molecular weight is 192 g/mol. The molecule has 0 atom stereocenters. The highest BCUT2D eigenvalue weighted by molar-refractivity contribution is 6.16. The van der Waals surface area contributed by atoms with Crippen molar-refractivity contribution in [2.45, 2.75) is 5.88 Å². The van der Waals surface area contributed by atoms with Crippen molar-refractivity contribution in [3.05, 3.63) is 41.6 Å². The van der Waals surface area contributed by atoms with Gasteiger partial charge in [-0.1, -0.05) is 6.07 Å². The van der Waals surface area contributed by atoms with E-state index in [1.54, 1.807) is 12.3 Å². The van der Waals surface area contributed by atoms with Gasteiger partial charge >= 0.3 is 0 Å². The van der Waals surface area contributed by atoms with Crippen LogP contribution < -0.4 is 0 Å². The number of halogens is 1. The van der Waals surface area contributed by atoms with Crippen LogP contribution in [0.4, 0.5) is 5.69 Å². The summed E-state index contributed by atoms with van der Waals surface area (Å²) in [6.45, 7) is 6.84. The van der Waals surface area contributed by atoms with Crippen LogP contribution in [-0.4, -0.2) is 9.38 Å². The molecule has 4 heteroatoms. The maximum Gasteiger partial charge on any atom is 0.203 e. The van der Waals surface area contributed by atoms with Crippen LogP contribution in [0.25, 0.3) is 10.5 Å². The molecule has 0 radical (unpaired) electrons. The Morgan fingerprint density at radius 2 is 2.31 bits per heavy atom. The number of nitrogens with zero attached hydrogens (tertiary/aromatic N) is 3. The maximum atomic E-state index is 6.84. The van der Waals surface area contributed by atoms with Crippen LogP contribution in [0.1, 0.15) is 5.69 Å². The van der Waals surface area contributed by atoms with E-state index in [0.29, 0.717) is 11.6 Å². The van der Waals surface area contributed by atoms with Gasteiger partial charge in [0.25, 0.3) is 0 Å². The standard InChI is InChI=1S/C9H6ClN3/c1-11-7-2-3-9-12-8(4-10)6-13(9)5-7/h2-3,5-6H,4H2. The van der Waals surface area contributed by atoms with Gasteiger partial charge in [0.2, 0.25) is 5.69 Å². The predicted octanol–water partition coefficient (Wildman–Crippen LogP) is 2.62. The van der Waals surface area contributed by atoms with Gasteiger partial charge in [-0.05, 0) is 6.07 Å². The molecule has 0 N–H and O–H groups in total. The molecule has 2 aromatic heterocycles. The van der Waals surface area contributed by atoms with E-state index in [1.165, 1.54) is 0 Å². The molecule has 0 aliphatic carbocycles. The minimum atomic E-state index is 0.398. The molecule has 13 heavy (non-hydrogen) atoms. The molecule has 64 valence electrons. The third kappa shape index (κ3) is 1.36. The second-order valence-corrected chi connectivity index (χ2v) is 2.90. The number of aromatic nitrogens is 2. The van der Waals surface area contributed by atoms with Crippen molar-refractivity contribution in [2.24, 2.45) is 0 Å². The van der Waals surface area contributed by atoms with E-state index < -0.39 is 0 Å². The van der Waals surface area contributed by atoms with Gasteiger partial charge in [-0.15, -0.1) is 11.6 Å². The van der Waals surface area contributed by atoms with Gasteiger partial charge in [-0.25, -0.2) is 9.83 Å². The first-order valence-electron chi connectivity index (χ1n) is 3.74. The molecule has 2 rings (SSSR count). The van der Waals surface area contributed by atoms with Gasteiger partial charge in [0.1, 0.15) is 5.65 Å². The minimum Gasteiger partial charge on any atom is -0.317 e. The number of imidazole rings is 1. The summed E-state index contributed by atoms with van der Waals surface area (Å²) in [5, 5.41) is 0. The molecule has 0 spiro atoms. The third-order valence-corrected chi connectivity index (χ3v) is 2.03. The van der Waals surface area contributed by atoms with Crippen LogP contribution in [-0.2, 0) is 5.88 Å². The lowest BCUT2D eigenvalue weighted by molar-refractivity contribution is 1.19. The van der Waals surface area contributed by atoms with Gasteiger partial charge in [-0.2, -0.15) is 0 Å². The summed E-state index contributed by atoms with van der Waals surface area (Å²) in [6, 6.07) is 3.55. The lowest BCUT2D eigenvalue weighted by atomic mass is 10.4. The fraction of sp³-hybridized carbons (Fsp3) is 0.111. The highest BCUT2D eigenvalue weighted by Crippen LogP contribution is 2.14. The smallest absolute Gasteiger partial charge is 0.203 e. The highest BCUT2D eigenvalue weighted by atomic mass is 35.5. The van der Waals surface area contributed by atoms with Crippen LogP contribution in [0.15, 0.2) is 24.5 Å². The van der Waals surface area contributed by atoms with Gasteiger partial charge in [-0.3, -0.25) is 0 Å². The normalized spacial score (nSPS) is 10.2. The SMILES string of the molecule is [C-]#[N+]c1ccc2nc(CCl)cn2c1. The fourth-order valence-corrected chi connectivity index (χ4v) is 1.29. The summed E-state index contributed by atoms with van der Waals surface area (Å²) in [5.41, 5.74) is 2.25.